The van der Waals surface area contributed by atoms with E-state index in [4.69, 9.17) is 29.3 Å². The van der Waals surface area contributed by atoms with E-state index in [0.29, 0.717) is 28.9 Å². The van der Waals surface area contributed by atoms with Gasteiger partial charge in [-0.3, -0.25) is 0 Å². The fraction of sp³-hybridized carbons (Fsp3) is 0. The Morgan fingerprint density at radius 2 is 0.864 bits per heavy atom. The average molecular weight is 837 g/mol. The lowest BCUT2D eigenvalue weighted by Crippen LogP contribution is -2.55. The minimum Gasteiger partial charge on any atom is -0.452 e. The predicted molar refractivity (Wildman–Crippen MR) is 306 cm³/mol. The first kappa shape index (κ1) is 41.6. The molecule has 0 aliphatic heterocycles. The van der Waals surface area contributed by atoms with Gasteiger partial charge in [0.2, 0.25) is 0 Å². The van der Waals surface area contributed by atoms with Gasteiger partial charge in [-0.2, -0.15) is 0 Å². The number of hydrogen-bond acceptors (Lipinski definition) is 6. The highest BCUT2D eigenvalue weighted by atomic mass is 16.3. The topological polar surface area (TPSA) is 82.5 Å². The average Bonchev–Trinajstić information content (AvgIpc) is 3.90. The second kappa shape index (κ2) is 15.8. The van der Waals surface area contributed by atoms with Crippen LogP contribution in [0.25, 0.3) is 106 Å². The van der Waals surface area contributed by atoms with Crippen molar-refractivity contribution in [2.45, 2.75) is 0 Å². The molecule has 0 fully saturated rings. The Balaban J connectivity index is 1.26. The van der Waals surface area contributed by atoms with Crippen molar-refractivity contribution in [3.8, 4) is 62.5 Å². The molecule has 11 rings (SSSR count). The van der Waals surface area contributed by atoms with Crippen LogP contribution in [0, 0.1) is 0 Å². The Kier molecular flexibility index (Phi) is 9.95. The summed E-state index contributed by atoms with van der Waals surface area (Å²) < 4.78 is 9.03. The lowest BCUT2D eigenvalue weighted by atomic mass is 9.60. The normalized spacial score (nSPS) is 11.6. The van der Waals surface area contributed by atoms with E-state index >= 15 is 0 Å². The van der Waals surface area contributed by atoms with Crippen molar-refractivity contribution in [1.82, 2.24) is 29.5 Å². The van der Waals surface area contributed by atoms with E-state index in [0.717, 1.165) is 77.6 Å². The van der Waals surface area contributed by atoms with E-state index in [9.17, 15) is 0 Å². The van der Waals surface area contributed by atoms with Crippen LogP contribution in [-0.4, -0.2) is 108 Å². The lowest BCUT2D eigenvalue weighted by Gasteiger charge is -2.21. The lowest BCUT2D eigenvalue weighted by molar-refractivity contribution is 0.667. The van der Waals surface area contributed by atoms with Crippen LogP contribution in [0.3, 0.4) is 0 Å². The Bertz CT molecular complexity index is 3750. The molecule has 302 valence electrons. The van der Waals surface area contributed by atoms with Gasteiger partial charge in [-0.25, -0.2) is 24.9 Å². The van der Waals surface area contributed by atoms with Gasteiger partial charge in [0.15, 0.2) is 28.9 Å². The minimum absolute atomic E-state index is 0.554. The summed E-state index contributed by atoms with van der Waals surface area (Å²) in [6, 6.07) is 42.0. The molecule has 0 saturated heterocycles. The zero-order valence-corrected chi connectivity index (χ0v) is 39.1. The van der Waals surface area contributed by atoms with Gasteiger partial charge < -0.3 is 8.98 Å². The molecule has 0 bridgehead atoms. The molecule has 0 N–H and O–H groups in total. The second-order valence-corrected chi connectivity index (χ2v) is 17.9. The monoisotopic (exact) mass is 838 g/mol. The molecular weight excluding hydrogens is 797 g/mol. The van der Waals surface area contributed by atoms with E-state index in [-0.39, 0.29) is 0 Å². The Labute approximate surface area is 392 Å². The van der Waals surface area contributed by atoms with Crippen molar-refractivity contribution >= 4 is 177 Å². The molecule has 66 heavy (non-hydrogen) atoms. The van der Waals surface area contributed by atoms with Gasteiger partial charge in [0.1, 0.15) is 95.3 Å². The fourth-order valence-corrected chi connectivity index (χ4v) is 10.1. The molecule has 4 aromatic heterocycles. The van der Waals surface area contributed by atoms with Crippen molar-refractivity contribution in [3.63, 3.8) is 0 Å². The molecule has 0 spiro atoms. The Hall–Kier alpha value is -7.12. The summed E-state index contributed by atoms with van der Waals surface area (Å²) in [5.41, 5.74) is 23.1. The second-order valence-electron chi connectivity index (χ2n) is 17.9. The molecule has 0 radical (unpaired) electrons. The first-order chi connectivity index (χ1) is 31.9. The molecular formula is C49H40B10N6O. The van der Waals surface area contributed by atoms with Gasteiger partial charge in [0.05, 0.1) is 16.7 Å². The van der Waals surface area contributed by atoms with Crippen LogP contribution < -0.4 is 54.6 Å². The van der Waals surface area contributed by atoms with Crippen LogP contribution in [0.2, 0.25) is 0 Å². The highest BCUT2D eigenvalue weighted by Gasteiger charge is 2.26. The first-order valence-corrected chi connectivity index (χ1v) is 22.7. The molecule has 7 nitrogen and oxygen atoms in total. The van der Waals surface area contributed by atoms with Crippen LogP contribution in [0.5, 0.6) is 0 Å². The Morgan fingerprint density at radius 3 is 1.48 bits per heavy atom. The summed E-state index contributed by atoms with van der Waals surface area (Å²) in [5.74, 6) is 2.38. The minimum atomic E-state index is 0.554. The zero-order chi connectivity index (χ0) is 45.7. The van der Waals surface area contributed by atoms with E-state index in [2.05, 4.69) is 168 Å². The maximum absolute atomic E-state index is 6.69. The van der Waals surface area contributed by atoms with E-state index in [1.807, 2.05) is 36.4 Å². The van der Waals surface area contributed by atoms with Crippen LogP contribution in [0.1, 0.15) is 0 Å². The van der Waals surface area contributed by atoms with Gasteiger partial charge in [0, 0.05) is 38.4 Å². The van der Waals surface area contributed by atoms with Gasteiger partial charge in [-0.05, 0) is 48.0 Å². The number of rotatable bonds is 6. The van der Waals surface area contributed by atoms with Crippen molar-refractivity contribution in [3.05, 3.63) is 121 Å². The molecule has 0 unspecified atom stereocenters. The van der Waals surface area contributed by atoms with E-state index < -0.39 is 0 Å². The smallest absolute Gasteiger partial charge is 0.180 e. The van der Waals surface area contributed by atoms with E-state index in [1.54, 1.807) is 0 Å². The SMILES string of the molecule is Bc1c(B)c(B)c(-c2nc(-c3ccccc3)nc(-c3cc(-c4nc(-c5c(B)c(B)c(B)c(B)c5B)c5oc6ccccc6c5n4)ccc3-n3c4ccccc4c4ccccc43)n2)c(B)c1B. The van der Waals surface area contributed by atoms with Gasteiger partial charge in [-0.15, -0.1) is 32.8 Å². The summed E-state index contributed by atoms with van der Waals surface area (Å²) in [7, 11) is 22.0. The number of benzene rings is 7. The number of furan rings is 1. The maximum Gasteiger partial charge on any atom is 0.180 e. The summed E-state index contributed by atoms with van der Waals surface area (Å²) >= 11 is 0. The predicted octanol–water partition coefficient (Wildman–Crippen LogP) is -5.42. The maximum atomic E-state index is 6.69. The Morgan fingerprint density at radius 1 is 0.379 bits per heavy atom. The molecule has 0 amide bonds. The standard InChI is InChI=1S/C49H40B10N6O/c50-33-31(34(51)38(55)41(58)37(33)54)44-45-43(25-14-6-9-17-30(25)66-45)60-47(61-44)22-18-19-29(65-27-15-7-4-12-23(27)24-13-5-8-16-28(24)65)26(20-22)48-62-46(21-10-2-1-3-11-21)63-49(64-48)32-35(52)39(56)42(59)40(57)36(32)53/h1-20H,50-59H2. The highest BCUT2D eigenvalue weighted by Crippen LogP contribution is 2.39. The van der Waals surface area contributed by atoms with Crippen LogP contribution >= 0.6 is 0 Å². The van der Waals surface area contributed by atoms with Gasteiger partial charge >= 0.3 is 0 Å². The summed E-state index contributed by atoms with van der Waals surface area (Å²) in [6.07, 6.45) is 0. The number of hydrogen-bond donors (Lipinski definition) is 0. The molecule has 7 aromatic carbocycles. The quantitative estimate of drug-likeness (QED) is 0.156. The molecule has 0 atom stereocenters. The molecule has 4 heterocycles. The van der Waals surface area contributed by atoms with Crippen LogP contribution in [-0.2, 0) is 0 Å². The summed E-state index contributed by atoms with van der Waals surface area (Å²) in [6.45, 7) is 0. The number of nitrogens with zero attached hydrogens (tertiary/aromatic N) is 6. The number of fused-ring (bicyclic) bond motifs is 6. The third-order valence-electron chi connectivity index (χ3n) is 14.7. The highest BCUT2D eigenvalue weighted by molar-refractivity contribution is 6.70. The van der Waals surface area contributed by atoms with Gasteiger partial charge in [0.25, 0.3) is 0 Å². The van der Waals surface area contributed by atoms with Gasteiger partial charge in [-0.1, -0.05) is 101 Å². The third-order valence-corrected chi connectivity index (χ3v) is 14.7. The largest absolute Gasteiger partial charge is 0.452 e. The summed E-state index contributed by atoms with van der Waals surface area (Å²) in [4.78, 5) is 27.1. The molecule has 0 aliphatic rings. The van der Waals surface area contributed by atoms with Crippen LogP contribution in [0.15, 0.2) is 126 Å². The van der Waals surface area contributed by atoms with Crippen molar-refractivity contribution in [2.75, 3.05) is 0 Å². The first-order valence-electron chi connectivity index (χ1n) is 22.7. The summed E-state index contributed by atoms with van der Waals surface area (Å²) in [5, 5.41) is 3.28. The zero-order valence-electron chi connectivity index (χ0n) is 39.1. The number of para-hydroxylation sites is 3. The molecule has 0 aliphatic carbocycles. The molecule has 0 saturated carbocycles. The van der Waals surface area contributed by atoms with Crippen molar-refractivity contribution in [1.29, 1.82) is 0 Å². The third kappa shape index (κ3) is 6.38. The number of aromatic nitrogens is 6. The molecule has 17 heteroatoms. The fourth-order valence-electron chi connectivity index (χ4n) is 10.1. The van der Waals surface area contributed by atoms with E-state index in [1.165, 1.54) is 54.5 Å². The van der Waals surface area contributed by atoms with Crippen molar-refractivity contribution in [2.24, 2.45) is 0 Å². The van der Waals surface area contributed by atoms with Crippen LogP contribution in [0.4, 0.5) is 0 Å². The van der Waals surface area contributed by atoms with Crippen molar-refractivity contribution < 1.29 is 4.42 Å². The molecule has 11 aromatic rings.